The highest BCUT2D eigenvalue weighted by atomic mass is 79.9. The topological polar surface area (TPSA) is 35.2 Å². The molecule has 1 fully saturated rings. The second kappa shape index (κ2) is 3.72. The quantitative estimate of drug-likeness (QED) is 0.921. The molecule has 1 aromatic rings. The predicted octanol–water partition coefficient (Wildman–Crippen LogP) is 2.97. The van der Waals surface area contributed by atoms with Crippen LogP contribution in [0.2, 0.25) is 5.02 Å². The molecule has 4 heteroatoms. The predicted molar refractivity (Wildman–Crippen MR) is 60.8 cm³/mol. The molecule has 0 aliphatic heterocycles. The van der Waals surface area contributed by atoms with Gasteiger partial charge in [-0.3, -0.25) is 0 Å². The summed E-state index contributed by atoms with van der Waals surface area (Å²) in [5, 5.41) is 0.671. The fourth-order valence-corrected chi connectivity index (χ4v) is 1.64. The van der Waals surface area contributed by atoms with Crippen LogP contribution in [0.5, 0.6) is 5.75 Å². The van der Waals surface area contributed by atoms with Gasteiger partial charge in [-0.25, -0.2) is 0 Å². The Morgan fingerprint density at radius 1 is 1.50 bits per heavy atom. The summed E-state index contributed by atoms with van der Waals surface area (Å²) in [5.41, 5.74) is 5.81. The average molecular weight is 277 g/mol. The zero-order chi connectivity index (χ0) is 10.2. The van der Waals surface area contributed by atoms with Crippen molar-refractivity contribution in [3.05, 3.63) is 27.7 Å². The highest BCUT2D eigenvalue weighted by Gasteiger charge is 2.39. The molecule has 0 heterocycles. The van der Waals surface area contributed by atoms with Crippen molar-refractivity contribution in [3.8, 4) is 5.75 Å². The van der Waals surface area contributed by atoms with Gasteiger partial charge in [-0.1, -0.05) is 11.6 Å². The summed E-state index contributed by atoms with van der Waals surface area (Å²) >= 11 is 9.24. The van der Waals surface area contributed by atoms with E-state index in [2.05, 4.69) is 15.9 Å². The maximum absolute atomic E-state index is 5.91. The molecule has 0 aromatic heterocycles. The molecule has 0 saturated heterocycles. The van der Waals surface area contributed by atoms with Crippen molar-refractivity contribution in [3.63, 3.8) is 0 Å². The lowest BCUT2D eigenvalue weighted by Crippen LogP contribution is -2.29. The lowest BCUT2D eigenvalue weighted by molar-refractivity contribution is 0.278. The van der Waals surface area contributed by atoms with Crippen LogP contribution in [0.15, 0.2) is 22.7 Å². The smallest absolute Gasteiger partial charge is 0.135 e. The number of benzene rings is 1. The summed E-state index contributed by atoms with van der Waals surface area (Å²) < 4.78 is 6.50. The van der Waals surface area contributed by atoms with Crippen molar-refractivity contribution >= 4 is 27.5 Å². The van der Waals surface area contributed by atoms with Crippen LogP contribution < -0.4 is 10.5 Å². The maximum atomic E-state index is 5.91. The first kappa shape index (κ1) is 10.3. The number of nitrogens with two attached hydrogens (primary N) is 1. The summed E-state index contributed by atoms with van der Waals surface area (Å²) in [7, 11) is 0. The van der Waals surface area contributed by atoms with Crippen LogP contribution in [0.1, 0.15) is 12.8 Å². The summed E-state index contributed by atoms with van der Waals surface area (Å²) in [6, 6.07) is 5.47. The Balaban J connectivity index is 2.04. The molecule has 0 unspecified atom stereocenters. The lowest BCUT2D eigenvalue weighted by Gasteiger charge is -2.12. The molecular formula is C10H11BrClNO. The minimum Gasteiger partial charge on any atom is -0.490 e. The Bertz CT molecular complexity index is 352. The van der Waals surface area contributed by atoms with Gasteiger partial charge in [-0.2, -0.15) is 0 Å². The third-order valence-corrected chi connectivity index (χ3v) is 3.19. The number of hydrogen-bond acceptors (Lipinski definition) is 2. The molecule has 0 radical (unpaired) electrons. The maximum Gasteiger partial charge on any atom is 0.135 e. The zero-order valence-corrected chi connectivity index (χ0v) is 9.94. The van der Waals surface area contributed by atoms with Gasteiger partial charge in [0.25, 0.3) is 0 Å². The van der Waals surface area contributed by atoms with E-state index in [4.69, 9.17) is 22.1 Å². The molecule has 2 rings (SSSR count). The van der Waals surface area contributed by atoms with E-state index in [0.717, 1.165) is 23.1 Å². The second-order valence-corrected chi connectivity index (χ2v) is 5.02. The Labute approximate surface area is 96.5 Å². The Morgan fingerprint density at radius 2 is 2.21 bits per heavy atom. The fraction of sp³-hybridized carbons (Fsp3) is 0.400. The third kappa shape index (κ3) is 2.41. The van der Waals surface area contributed by atoms with Crippen molar-refractivity contribution < 1.29 is 4.74 Å². The van der Waals surface area contributed by atoms with Gasteiger partial charge in [0, 0.05) is 5.02 Å². The van der Waals surface area contributed by atoms with Gasteiger partial charge in [-0.05, 0) is 47.0 Å². The van der Waals surface area contributed by atoms with E-state index in [9.17, 15) is 0 Å². The number of halogens is 2. The second-order valence-electron chi connectivity index (χ2n) is 3.73. The fourth-order valence-electron chi connectivity index (χ4n) is 1.11. The highest BCUT2D eigenvalue weighted by Crippen LogP contribution is 2.34. The van der Waals surface area contributed by atoms with Gasteiger partial charge < -0.3 is 10.5 Å². The Hall–Kier alpha value is -0.250. The average Bonchev–Trinajstić information content (AvgIpc) is 2.87. The summed E-state index contributed by atoms with van der Waals surface area (Å²) in [6.07, 6.45) is 2.09. The molecule has 0 atom stereocenters. The molecule has 14 heavy (non-hydrogen) atoms. The molecule has 0 bridgehead atoms. The molecule has 0 amide bonds. The van der Waals surface area contributed by atoms with Crippen LogP contribution in [0, 0.1) is 0 Å². The van der Waals surface area contributed by atoms with E-state index in [0.29, 0.717) is 11.6 Å². The van der Waals surface area contributed by atoms with E-state index in [1.165, 1.54) is 0 Å². The summed E-state index contributed by atoms with van der Waals surface area (Å²) in [4.78, 5) is 0. The molecule has 1 saturated carbocycles. The van der Waals surface area contributed by atoms with Crippen molar-refractivity contribution in [2.75, 3.05) is 6.61 Å². The first-order valence-corrected chi connectivity index (χ1v) is 5.63. The minimum absolute atomic E-state index is 0.0955. The number of rotatable bonds is 3. The van der Waals surface area contributed by atoms with E-state index in [1.54, 1.807) is 6.07 Å². The molecular weight excluding hydrogens is 265 g/mol. The number of hydrogen-bond donors (Lipinski definition) is 1. The molecule has 2 N–H and O–H groups in total. The van der Waals surface area contributed by atoms with Crippen LogP contribution in [-0.2, 0) is 0 Å². The van der Waals surface area contributed by atoms with Gasteiger partial charge in [0.15, 0.2) is 0 Å². The standard InChI is InChI=1S/C10H11BrClNO/c11-8-2-1-7(12)5-9(8)14-6-10(13)3-4-10/h1-2,5H,3-4,6,13H2. The Kier molecular flexibility index (Phi) is 2.73. The van der Waals surface area contributed by atoms with Crippen LogP contribution >= 0.6 is 27.5 Å². The van der Waals surface area contributed by atoms with E-state index in [-0.39, 0.29) is 5.54 Å². The molecule has 1 aliphatic rings. The third-order valence-electron chi connectivity index (χ3n) is 2.30. The summed E-state index contributed by atoms with van der Waals surface area (Å²) in [6.45, 7) is 0.561. The first-order valence-electron chi connectivity index (χ1n) is 4.46. The monoisotopic (exact) mass is 275 g/mol. The largest absolute Gasteiger partial charge is 0.490 e. The van der Waals surface area contributed by atoms with E-state index < -0.39 is 0 Å². The van der Waals surface area contributed by atoms with Gasteiger partial charge in [-0.15, -0.1) is 0 Å². The van der Waals surface area contributed by atoms with E-state index >= 15 is 0 Å². The van der Waals surface area contributed by atoms with Gasteiger partial charge in [0.2, 0.25) is 0 Å². The Morgan fingerprint density at radius 3 is 2.86 bits per heavy atom. The van der Waals surface area contributed by atoms with Crippen molar-refractivity contribution in [2.24, 2.45) is 5.73 Å². The van der Waals surface area contributed by atoms with Crippen LogP contribution in [-0.4, -0.2) is 12.1 Å². The zero-order valence-electron chi connectivity index (χ0n) is 7.59. The van der Waals surface area contributed by atoms with Crippen LogP contribution in [0.4, 0.5) is 0 Å². The van der Waals surface area contributed by atoms with Gasteiger partial charge in [0.1, 0.15) is 12.4 Å². The molecule has 0 spiro atoms. The minimum atomic E-state index is -0.0955. The van der Waals surface area contributed by atoms with Crippen molar-refractivity contribution in [2.45, 2.75) is 18.4 Å². The molecule has 1 aromatic carbocycles. The van der Waals surface area contributed by atoms with Crippen molar-refractivity contribution in [1.29, 1.82) is 0 Å². The van der Waals surface area contributed by atoms with Crippen molar-refractivity contribution in [1.82, 2.24) is 0 Å². The lowest BCUT2D eigenvalue weighted by atomic mass is 10.3. The summed E-state index contributed by atoms with van der Waals surface area (Å²) in [5.74, 6) is 0.759. The first-order chi connectivity index (χ1) is 6.59. The van der Waals surface area contributed by atoms with E-state index in [1.807, 2.05) is 12.1 Å². The van der Waals surface area contributed by atoms with Gasteiger partial charge >= 0.3 is 0 Å². The SMILES string of the molecule is NC1(COc2cc(Cl)ccc2Br)CC1. The van der Waals surface area contributed by atoms with Gasteiger partial charge in [0.05, 0.1) is 10.0 Å². The number of ether oxygens (including phenoxy) is 1. The molecule has 1 aliphatic carbocycles. The van der Waals surface area contributed by atoms with Crippen LogP contribution in [0.25, 0.3) is 0 Å². The molecule has 76 valence electrons. The molecule has 2 nitrogen and oxygen atoms in total. The highest BCUT2D eigenvalue weighted by molar-refractivity contribution is 9.10. The normalized spacial score (nSPS) is 17.9. The van der Waals surface area contributed by atoms with Crippen LogP contribution in [0.3, 0.4) is 0 Å².